The molecule has 0 saturated heterocycles. The van der Waals surface area contributed by atoms with Crippen molar-refractivity contribution in [2.24, 2.45) is 0 Å². The van der Waals surface area contributed by atoms with Gasteiger partial charge in [0.25, 0.3) is 15.9 Å². The second-order valence-corrected chi connectivity index (χ2v) is 9.08. The van der Waals surface area contributed by atoms with Gasteiger partial charge in [-0.05, 0) is 32.0 Å². The minimum atomic E-state index is -4.01. The van der Waals surface area contributed by atoms with Gasteiger partial charge >= 0.3 is 0 Å². The van der Waals surface area contributed by atoms with Crippen molar-refractivity contribution in [1.82, 2.24) is 0 Å². The number of hydrogen-bond donors (Lipinski definition) is 2. The molecule has 0 radical (unpaired) electrons. The molecule has 0 saturated carbocycles. The van der Waals surface area contributed by atoms with Crippen LogP contribution in [0.4, 0.5) is 11.4 Å². The molecule has 10 heteroatoms. The van der Waals surface area contributed by atoms with E-state index in [2.05, 4.69) is 26.0 Å². The average molecular weight is 471 g/mol. The Morgan fingerprint density at radius 3 is 2.43 bits per heavy atom. The summed E-state index contributed by atoms with van der Waals surface area (Å²) in [6, 6.07) is 7.63. The van der Waals surface area contributed by atoms with Crippen LogP contribution in [0.2, 0.25) is 0 Å². The Balaban J connectivity index is 2.05. The van der Waals surface area contributed by atoms with Crippen molar-refractivity contribution in [3.63, 3.8) is 0 Å². The van der Waals surface area contributed by atoms with E-state index in [1.807, 2.05) is 0 Å². The Hall–Kier alpha value is -2.46. The molecule has 0 aromatic heterocycles. The van der Waals surface area contributed by atoms with Crippen molar-refractivity contribution >= 4 is 43.2 Å². The van der Waals surface area contributed by atoms with Gasteiger partial charge in [0.15, 0.2) is 5.60 Å². The summed E-state index contributed by atoms with van der Waals surface area (Å²) >= 11 is 3.27. The molecular weight excluding hydrogens is 452 g/mol. The summed E-state index contributed by atoms with van der Waals surface area (Å²) in [5.74, 6) is 0.427. The van der Waals surface area contributed by atoms with Crippen LogP contribution in [0.5, 0.6) is 17.2 Å². The van der Waals surface area contributed by atoms with Crippen molar-refractivity contribution in [3.05, 3.63) is 34.8 Å². The Morgan fingerprint density at radius 1 is 1.11 bits per heavy atom. The number of methoxy groups -OCH3 is 2. The topological polar surface area (TPSA) is 103 Å². The molecule has 2 aromatic carbocycles. The number of benzene rings is 2. The maximum Gasteiger partial charge on any atom is 0.268 e. The summed E-state index contributed by atoms with van der Waals surface area (Å²) < 4.78 is 45.2. The first-order valence-corrected chi connectivity index (χ1v) is 10.4. The highest BCUT2D eigenvalue weighted by molar-refractivity contribution is 9.10. The molecule has 1 amide bonds. The first-order chi connectivity index (χ1) is 13.1. The van der Waals surface area contributed by atoms with E-state index in [-0.39, 0.29) is 28.0 Å². The van der Waals surface area contributed by atoms with Gasteiger partial charge in [0, 0.05) is 16.6 Å². The van der Waals surface area contributed by atoms with Crippen molar-refractivity contribution in [3.8, 4) is 17.2 Å². The van der Waals surface area contributed by atoms with E-state index in [0.717, 1.165) is 0 Å². The fourth-order valence-corrected chi connectivity index (χ4v) is 4.42. The minimum Gasteiger partial charge on any atom is -0.495 e. The highest BCUT2D eigenvalue weighted by Gasteiger charge is 2.36. The number of amides is 1. The van der Waals surface area contributed by atoms with E-state index in [0.29, 0.717) is 15.9 Å². The van der Waals surface area contributed by atoms with Gasteiger partial charge in [-0.1, -0.05) is 15.9 Å². The van der Waals surface area contributed by atoms with Crippen LogP contribution >= 0.6 is 15.9 Å². The Labute approximate surface area is 171 Å². The third-order valence-corrected chi connectivity index (χ3v) is 6.00. The van der Waals surface area contributed by atoms with Crippen LogP contribution < -0.4 is 24.2 Å². The van der Waals surface area contributed by atoms with Gasteiger partial charge in [0.05, 0.1) is 25.6 Å². The van der Waals surface area contributed by atoms with Crippen molar-refractivity contribution in [2.75, 3.05) is 24.3 Å². The highest BCUT2D eigenvalue weighted by Crippen LogP contribution is 2.42. The molecule has 0 spiro atoms. The lowest BCUT2D eigenvalue weighted by Crippen LogP contribution is -2.45. The number of carbonyl (C=O) groups is 1. The number of anilines is 2. The lowest BCUT2D eigenvalue weighted by molar-refractivity contribution is -0.129. The van der Waals surface area contributed by atoms with E-state index in [1.54, 1.807) is 26.0 Å². The molecule has 2 aromatic rings. The quantitative estimate of drug-likeness (QED) is 0.693. The zero-order chi connectivity index (χ0) is 20.7. The first-order valence-electron chi connectivity index (χ1n) is 8.16. The molecule has 8 nitrogen and oxygen atoms in total. The molecule has 0 bridgehead atoms. The molecular formula is C18H19BrN2O6S. The SMILES string of the molecule is COc1cc2c(cc1NS(=O)(=O)c1cc(Br)ccc1OC)OC(C)(C)C(=O)N2. The number of carbonyl (C=O) groups excluding carboxylic acids is 1. The standard InChI is InChI=1S/C18H19BrN2O6S/c1-18(2)17(22)20-11-8-14(26-4)12(9-15(11)27-18)21-28(23,24)16-7-10(19)5-6-13(16)25-3/h5-9,21H,1-4H3,(H,20,22). The largest absolute Gasteiger partial charge is 0.495 e. The third-order valence-electron chi connectivity index (χ3n) is 4.12. The number of halogens is 1. The summed E-state index contributed by atoms with van der Waals surface area (Å²) in [5.41, 5.74) is -0.537. The van der Waals surface area contributed by atoms with E-state index < -0.39 is 15.6 Å². The zero-order valence-corrected chi connectivity index (χ0v) is 18.0. The highest BCUT2D eigenvalue weighted by atomic mass is 79.9. The molecule has 28 heavy (non-hydrogen) atoms. The van der Waals surface area contributed by atoms with Crippen LogP contribution in [-0.2, 0) is 14.8 Å². The molecule has 0 fully saturated rings. The maximum atomic E-state index is 13.0. The number of nitrogens with one attached hydrogen (secondary N) is 2. The Bertz CT molecular complexity index is 1050. The van der Waals surface area contributed by atoms with Gasteiger partial charge in [0.1, 0.15) is 22.1 Å². The number of fused-ring (bicyclic) bond motifs is 1. The second kappa shape index (κ2) is 7.17. The summed E-state index contributed by atoms with van der Waals surface area (Å²) in [7, 11) is -1.22. The number of hydrogen-bond acceptors (Lipinski definition) is 6. The summed E-state index contributed by atoms with van der Waals surface area (Å²) in [5, 5.41) is 2.72. The molecule has 0 atom stereocenters. The lowest BCUT2D eigenvalue weighted by atomic mass is 10.1. The molecule has 1 heterocycles. The van der Waals surface area contributed by atoms with Gasteiger partial charge in [-0.25, -0.2) is 8.42 Å². The predicted octanol–water partition coefficient (Wildman–Crippen LogP) is 3.38. The van der Waals surface area contributed by atoms with Gasteiger partial charge in [-0.15, -0.1) is 0 Å². The van der Waals surface area contributed by atoms with Crippen molar-refractivity contribution in [1.29, 1.82) is 0 Å². The summed E-state index contributed by atoms with van der Waals surface area (Å²) in [6.07, 6.45) is 0. The summed E-state index contributed by atoms with van der Waals surface area (Å²) in [4.78, 5) is 12.0. The third kappa shape index (κ3) is 3.74. The Kier molecular flexibility index (Phi) is 5.20. The van der Waals surface area contributed by atoms with Gasteiger partial charge < -0.3 is 19.5 Å². The van der Waals surface area contributed by atoms with E-state index >= 15 is 0 Å². The van der Waals surface area contributed by atoms with Crippen molar-refractivity contribution in [2.45, 2.75) is 24.3 Å². The fourth-order valence-electron chi connectivity index (χ4n) is 2.65. The van der Waals surface area contributed by atoms with Gasteiger partial charge in [0.2, 0.25) is 0 Å². The summed E-state index contributed by atoms with van der Waals surface area (Å²) in [6.45, 7) is 3.23. The van der Waals surface area contributed by atoms with Crippen LogP contribution in [0.25, 0.3) is 0 Å². The van der Waals surface area contributed by atoms with Gasteiger partial charge in [-0.2, -0.15) is 0 Å². The number of sulfonamides is 1. The molecule has 3 rings (SSSR count). The van der Waals surface area contributed by atoms with Crippen LogP contribution in [0.3, 0.4) is 0 Å². The van der Waals surface area contributed by atoms with Crippen LogP contribution in [0, 0.1) is 0 Å². The molecule has 0 unspecified atom stereocenters. The van der Waals surface area contributed by atoms with E-state index in [9.17, 15) is 13.2 Å². The van der Waals surface area contributed by atoms with Crippen LogP contribution in [0.15, 0.2) is 39.7 Å². The average Bonchev–Trinajstić information content (AvgIpc) is 2.62. The molecule has 2 N–H and O–H groups in total. The van der Waals surface area contributed by atoms with Gasteiger partial charge in [-0.3, -0.25) is 9.52 Å². The second-order valence-electron chi connectivity index (χ2n) is 6.52. The molecule has 150 valence electrons. The maximum absolute atomic E-state index is 13.0. The minimum absolute atomic E-state index is 0.0429. The predicted molar refractivity (Wildman–Crippen MR) is 108 cm³/mol. The molecule has 0 aliphatic carbocycles. The first kappa shape index (κ1) is 20.3. The number of ether oxygens (including phenoxy) is 3. The fraction of sp³-hybridized carbons (Fsp3) is 0.278. The van der Waals surface area contributed by atoms with E-state index in [4.69, 9.17) is 14.2 Å². The Morgan fingerprint density at radius 2 is 1.79 bits per heavy atom. The van der Waals surface area contributed by atoms with Crippen molar-refractivity contribution < 1.29 is 27.4 Å². The van der Waals surface area contributed by atoms with Crippen LogP contribution in [-0.4, -0.2) is 34.1 Å². The lowest BCUT2D eigenvalue weighted by Gasteiger charge is -2.32. The van der Waals surface area contributed by atoms with E-state index in [1.165, 1.54) is 32.4 Å². The number of rotatable bonds is 5. The molecule has 1 aliphatic rings. The normalized spacial score (nSPS) is 15.1. The monoisotopic (exact) mass is 470 g/mol. The smallest absolute Gasteiger partial charge is 0.268 e. The molecule has 1 aliphatic heterocycles. The van der Waals surface area contributed by atoms with Crippen LogP contribution in [0.1, 0.15) is 13.8 Å². The zero-order valence-electron chi connectivity index (χ0n) is 15.6.